The molecule has 0 bridgehead atoms. The molecule has 5 N–H and O–H groups in total. The first-order valence-electron chi connectivity index (χ1n) is 7.58. The van der Waals surface area contributed by atoms with Gasteiger partial charge in [0.05, 0.1) is 6.61 Å². The molecule has 0 saturated carbocycles. The number of ketones is 1. The summed E-state index contributed by atoms with van der Waals surface area (Å²) in [6.45, 7) is 2.62. The Morgan fingerprint density at radius 3 is 2.33 bits per heavy atom. The summed E-state index contributed by atoms with van der Waals surface area (Å²) in [7, 11) is 0. The van der Waals surface area contributed by atoms with Crippen molar-refractivity contribution in [1.82, 2.24) is 0 Å². The van der Waals surface area contributed by atoms with Crippen LogP contribution in [0.3, 0.4) is 0 Å². The van der Waals surface area contributed by atoms with E-state index in [9.17, 15) is 30.3 Å². The van der Waals surface area contributed by atoms with Crippen molar-refractivity contribution >= 4 is 17.5 Å². The molecule has 5 atom stereocenters. The van der Waals surface area contributed by atoms with Gasteiger partial charge in [0.1, 0.15) is 18.3 Å². The van der Waals surface area contributed by atoms with Gasteiger partial charge in [-0.1, -0.05) is 36.4 Å². The smallest absolute Gasteiger partial charge is 0.260 e. The topological polar surface area (TPSA) is 127 Å². The van der Waals surface area contributed by atoms with E-state index in [0.29, 0.717) is 16.7 Å². The maximum Gasteiger partial charge on any atom is 0.260 e. The first kappa shape index (κ1) is 19.3. The second-order valence-corrected chi connectivity index (χ2v) is 7.04. The highest BCUT2D eigenvalue weighted by molar-refractivity contribution is 8.00. The molecule has 0 aromatic heterocycles. The number of aryl methyl sites for hydroxylation is 1. The van der Waals surface area contributed by atoms with Crippen molar-refractivity contribution in [3.05, 3.63) is 29.8 Å². The molecule has 1 aromatic rings. The molecule has 0 amide bonds. The van der Waals surface area contributed by atoms with Crippen LogP contribution < -0.4 is 0 Å². The zero-order chi connectivity index (χ0) is 18.1. The molecule has 1 saturated heterocycles. The predicted octanol–water partition coefficient (Wildman–Crippen LogP) is -0.444. The van der Waals surface area contributed by atoms with Crippen molar-refractivity contribution in [3.63, 3.8) is 0 Å². The number of aliphatic hydroxyl groups is 5. The Morgan fingerprint density at radius 1 is 1.25 bits per heavy atom. The number of Topliss-reactive ketones (excluding diaryl/α,β-unsaturated/α-hetero) is 1. The summed E-state index contributed by atoms with van der Waals surface area (Å²) in [4.78, 5) is 12.7. The fourth-order valence-electron chi connectivity index (χ4n) is 2.63. The number of hydrogen-bond acceptors (Lipinski definition) is 8. The molecule has 0 aliphatic carbocycles. The highest BCUT2D eigenvalue weighted by Crippen LogP contribution is 2.47. The molecule has 7 nitrogen and oxygen atoms in total. The van der Waals surface area contributed by atoms with Crippen molar-refractivity contribution in [2.24, 2.45) is 0 Å². The second kappa shape index (κ2) is 7.09. The molecule has 1 aliphatic heterocycles. The Balaban J connectivity index is 2.46. The van der Waals surface area contributed by atoms with Gasteiger partial charge in [-0.25, -0.2) is 0 Å². The number of rotatable bonds is 5. The van der Waals surface area contributed by atoms with E-state index >= 15 is 0 Å². The van der Waals surface area contributed by atoms with Crippen LogP contribution in [-0.4, -0.2) is 67.0 Å². The number of ether oxygens (including phenoxy) is 1. The molecule has 1 heterocycles. The lowest BCUT2D eigenvalue weighted by molar-refractivity contribution is -0.334. The van der Waals surface area contributed by atoms with Crippen LogP contribution in [0.1, 0.15) is 18.9 Å². The Morgan fingerprint density at radius 2 is 1.83 bits per heavy atom. The van der Waals surface area contributed by atoms with Crippen LogP contribution in [0.4, 0.5) is 0 Å². The maximum atomic E-state index is 12.3. The zero-order valence-electron chi connectivity index (χ0n) is 13.4. The van der Waals surface area contributed by atoms with Crippen LogP contribution in [0, 0.1) is 6.92 Å². The lowest BCUT2D eigenvalue weighted by Gasteiger charge is -2.51. The largest absolute Gasteiger partial charge is 0.394 e. The molecule has 1 aromatic carbocycles. The molecule has 8 heteroatoms. The third kappa shape index (κ3) is 3.11. The number of aliphatic hydroxyl groups excluding tert-OH is 3. The molecule has 0 radical (unpaired) electrons. The molecular weight excluding hydrogens is 336 g/mol. The van der Waals surface area contributed by atoms with Gasteiger partial charge >= 0.3 is 0 Å². The van der Waals surface area contributed by atoms with Crippen LogP contribution in [0.15, 0.2) is 29.2 Å². The molecular formula is C16H22O7S. The fourth-order valence-corrected chi connectivity index (χ4v) is 3.78. The molecule has 0 spiro atoms. The highest BCUT2D eigenvalue weighted by Gasteiger charge is 2.67. The fraction of sp³-hybridized carbons (Fsp3) is 0.562. The first-order chi connectivity index (χ1) is 11.2. The van der Waals surface area contributed by atoms with E-state index in [1.807, 2.05) is 6.92 Å². The summed E-state index contributed by atoms with van der Waals surface area (Å²) in [6.07, 6.45) is -5.29. The van der Waals surface area contributed by atoms with Gasteiger partial charge in [-0.05, 0) is 19.1 Å². The van der Waals surface area contributed by atoms with Crippen molar-refractivity contribution < 1.29 is 35.1 Å². The van der Waals surface area contributed by atoms with Crippen molar-refractivity contribution in [3.8, 4) is 0 Å². The minimum Gasteiger partial charge on any atom is -0.394 e. The summed E-state index contributed by atoms with van der Waals surface area (Å²) in [6, 6.07) is 6.85. The monoisotopic (exact) mass is 358 g/mol. The van der Waals surface area contributed by atoms with Gasteiger partial charge in [0.25, 0.3) is 5.12 Å². The van der Waals surface area contributed by atoms with Crippen LogP contribution >= 0.6 is 11.8 Å². The van der Waals surface area contributed by atoms with E-state index in [2.05, 4.69) is 0 Å². The Hall–Kier alpha value is -1.00. The van der Waals surface area contributed by atoms with Gasteiger partial charge in [-0.3, -0.25) is 4.79 Å². The molecule has 2 rings (SSSR count). The van der Waals surface area contributed by atoms with Crippen LogP contribution in [0.25, 0.3) is 0 Å². The lowest BCUT2D eigenvalue weighted by atomic mass is 9.82. The molecule has 0 unspecified atom stereocenters. The molecule has 24 heavy (non-hydrogen) atoms. The Bertz CT molecular complexity index is 593. The third-order valence-electron chi connectivity index (χ3n) is 4.13. The molecule has 134 valence electrons. The Labute approximate surface area is 143 Å². The van der Waals surface area contributed by atoms with Crippen molar-refractivity contribution in [1.29, 1.82) is 0 Å². The SMILES string of the molecule is CCC(=O)[C@@]1(O)[C@@H](O)[C@H](O)[C@@H](CO)O[C@@]1(O)Sc1ccc(C)cc1. The summed E-state index contributed by atoms with van der Waals surface area (Å²) in [5.41, 5.74) is -1.78. The summed E-state index contributed by atoms with van der Waals surface area (Å²) < 4.78 is 5.27. The summed E-state index contributed by atoms with van der Waals surface area (Å²) in [5, 5.41) is 48.7. The average Bonchev–Trinajstić information content (AvgIpc) is 2.57. The van der Waals surface area contributed by atoms with Crippen molar-refractivity contribution in [2.75, 3.05) is 6.61 Å². The van der Waals surface area contributed by atoms with E-state index in [1.54, 1.807) is 24.3 Å². The van der Waals surface area contributed by atoms with Crippen LogP contribution in [-0.2, 0) is 9.53 Å². The van der Waals surface area contributed by atoms with E-state index in [1.165, 1.54) is 6.92 Å². The van der Waals surface area contributed by atoms with E-state index < -0.39 is 41.4 Å². The lowest BCUT2D eigenvalue weighted by Crippen LogP contribution is -2.74. The number of benzene rings is 1. The van der Waals surface area contributed by atoms with Crippen molar-refractivity contribution in [2.45, 2.75) is 54.2 Å². The molecule has 1 aliphatic rings. The molecule has 1 fully saturated rings. The predicted molar refractivity (Wildman–Crippen MR) is 86.2 cm³/mol. The van der Waals surface area contributed by atoms with E-state index in [4.69, 9.17) is 4.74 Å². The minimum atomic E-state index is -2.75. The standard InChI is InChI=1S/C16H22O7S/c1-3-12(18)15(21)14(20)13(19)11(8-17)23-16(15,22)24-10-6-4-9(2)5-7-10/h4-7,11,13-14,17,19-22H,3,8H2,1-2H3/t11-,13-,14+,15-,16-/m1/s1. The van der Waals surface area contributed by atoms with Crippen LogP contribution in [0.2, 0.25) is 0 Å². The second-order valence-electron chi connectivity index (χ2n) is 5.81. The van der Waals surface area contributed by atoms with Gasteiger partial charge < -0.3 is 30.3 Å². The highest BCUT2D eigenvalue weighted by atomic mass is 32.2. The summed E-state index contributed by atoms with van der Waals surface area (Å²) >= 11 is 0.631. The van der Waals surface area contributed by atoms with Gasteiger partial charge in [0, 0.05) is 11.3 Å². The van der Waals surface area contributed by atoms with E-state index in [-0.39, 0.29) is 6.42 Å². The normalized spacial score (nSPS) is 36.5. The Kier molecular flexibility index (Phi) is 5.71. The first-order valence-corrected chi connectivity index (χ1v) is 8.39. The number of carbonyl (C=O) groups is 1. The number of hydrogen-bond donors (Lipinski definition) is 5. The average molecular weight is 358 g/mol. The zero-order valence-corrected chi connectivity index (χ0v) is 14.2. The number of thioether (sulfide) groups is 1. The quantitative estimate of drug-likeness (QED) is 0.448. The minimum absolute atomic E-state index is 0.190. The number of carbonyl (C=O) groups excluding carboxylic acids is 1. The van der Waals surface area contributed by atoms with Gasteiger partial charge in [0.15, 0.2) is 5.78 Å². The van der Waals surface area contributed by atoms with E-state index in [0.717, 1.165) is 5.56 Å². The van der Waals surface area contributed by atoms with Crippen LogP contribution in [0.5, 0.6) is 0 Å². The van der Waals surface area contributed by atoms with Gasteiger partial charge in [0.2, 0.25) is 5.60 Å². The van der Waals surface area contributed by atoms with Gasteiger partial charge in [-0.15, -0.1) is 0 Å². The maximum absolute atomic E-state index is 12.3. The van der Waals surface area contributed by atoms with Gasteiger partial charge in [-0.2, -0.15) is 0 Å². The third-order valence-corrected chi connectivity index (χ3v) is 5.32. The summed E-state index contributed by atoms with van der Waals surface area (Å²) in [5.74, 6) is -0.882.